The minimum absolute atomic E-state index is 0.302. The number of benzene rings is 1. The van der Waals surface area contributed by atoms with E-state index in [0.29, 0.717) is 24.0 Å². The highest BCUT2D eigenvalue weighted by molar-refractivity contribution is 7.89. The van der Waals surface area contributed by atoms with Crippen molar-refractivity contribution in [3.05, 3.63) is 52.2 Å². The molecule has 2 aromatic rings. The average Bonchev–Trinajstić information content (AvgIpc) is 2.93. The van der Waals surface area contributed by atoms with Crippen LogP contribution in [-0.2, 0) is 23.1 Å². The predicted molar refractivity (Wildman–Crippen MR) is 86.8 cm³/mol. The Hall–Kier alpha value is -1.21. The van der Waals surface area contributed by atoms with Crippen LogP contribution in [0.25, 0.3) is 0 Å². The van der Waals surface area contributed by atoms with Crippen molar-refractivity contribution in [2.75, 3.05) is 0 Å². The highest BCUT2D eigenvalue weighted by Gasteiger charge is 2.19. The second-order valence-corrected chi connectivity index (χ2v) is 7.79. The van der Waals surface area contributed by atoms with Crippen molar-refractivity contribution in [2.24, 2.45) is 0 Å². The van der Waals surface area contributed by atoms with Crippen LogP contribution in [0.3, 0.4) is 0 Å². The third-order valence-electron chi connectivity index (χ3n) is 2.97. The van der Waals surface area contributed by atoms with Crippen LogP contribution >= 0.6 is 11.3 Å². The fourth-order valence-corrected chi connectivity index (χ4v) is 4.26. The predicted octanol–water partition coefficient (Wildman–Crippen LogP) is 2.72. The molecule has 4 nitrogen and oxygen atoms in total. The Balaban J connectivity index is 2.07. The molecule has 114 valence electrons. The van der Waals surface area contributed by atoms with Crippen LogP contribution < -0.4 is 10.0 Å². The molecule has 1 aromatic heterocycles. The second-order valence-electron chi connectivity index (χ2n) is 5.05. The fourth-order valence-electron chi connectivity index (χ4n) is 1.85. The summed E-state index contributed by atoms with van der Waals surface area (Å²) in [5.41, 5.74) is 0.943. The molecule has 21 heavy (non-hydrogen) atoms. The largest absolute Gasteiger partial charge is 0.310 e. The van der Waals surface area contributed by atoms with Gasteiger partial charge in [0.05, 0.1) is 4.90 Å². The molecule has 0 amide bonds. The summed E-state index contributed by atoms with van der Waals surface area (Å²) in [5, 5.41) is 5.07. The van der Waals surface area contributed by atoms with Crippen molar-refractivity contribution in [2.45, 2.75) is 37.9 Å². The van der Waals surface area contributed by atoms with Gasteiger partial charge in [0.25, 0.3) is 0 Å². The van der Waals surface area contributed by atoms with Crippen LogP contribution in [0.5, 0.6) is 0 Å². The zero-order valence-electron chi connectivity index (χ0n) is 12.2. The van der Waals surface area contributed by atoms with Gasteiger partial charge in [-0.15, -0.1) is 11.3 Å². The summed E-state index contributed by atoms with van der Waals surface area (Å²) in [6.07, 6.45) is 0. The van der Waals surface area contributed by atoms with Crippen LogP contribution in [0.15, 0.2) is 46.7 Å². The molecule has 0 aliphatic rings. The van der Waals surface area contributed by atoms with Crippen molar-refractivity contribution < 1.29 is 8.42 Å². The summed E-state index contributed by atoms with van der Waals surface area (Å²) in [6.45, 7) is 4.94. The van der Waals surface area contributed by atoms with Crippen LogP contribution in [0.2, 0.25) is 0 Å². The topological polar surface area (TPSA) is 58.2 Å². The zero-order chi connectivity index (χ0) is 15.3. The summed E-state index contributed by atoms with van der Waals surface area (Å²) in [4.78, 5) is 1.21. The van der Waals surface area contributed by atoms with E-state index in [1.54, 1.807) is 6.07 Å². The van der Waals surface area contributed by atoms with Gasteiger partial charge in [0.15, 0.2) is 0 Å². The molecule has 1 aromatic carbocycles. The van der Waals surface area contributed by atoms with Gasteiger partial charge < -0.3 is 5.32 Å². The molecule has 1 heterocycles. The van der Waals surface area contributed by atoms with E-state index in [9.17, 15) is 8.42 Å². The van der Waals surface area contributed by atoms with Crippen molar-refractivity contribution in [3.63, 3.8) is 0 Å². The molecule has 0 saturated carbocycles. The normalized spacial score (nSPS) is 12.0. The van der Waals surface area contributed by atoms with Gasteiger partial charge in [-0.1, -0.05) is 44.2 Å². The summed E-state index contributed by atoms with van der Waals surface area (Å²) < 4.78 is 27.5. The molecule has 2 N–H and O–H groups in total. The second kappa shape index (κ2) is 7.17. The highest BCUT2D eigenvalue weighted by atomic mass is 32.2. The van der Waals surface area contributed by atoms with Gasteiger partial charge in [-0.2, -0.15) is 0 Å². The molecule has 0 radical (unpaired) electrons. The van der Waals surface area contributed by atoms with Gasteiger partial charge in [-0.25, -0.2) is 13.1 Å². The number of rotatable bonds is 7. The van der Waals surface area contributed by atoms with E-state index in [0.717, 1.165) is 10.4 Å². The van der Waals surface area contributed by atoms with Gasteiger partial charge in [-0.3, -0.25) is 0 Å². The molecule has 0 unspecified atom stereocenters. The summed E-state index contributed by atoms with van der Waals surface area (Å²) in [7, 11) is -3.47. The quantitative estimate of drug-likeness (QED) is 0.823. The van der Waals surface area contributed by atoms with Gasteiger partial charge in [-0.05, 0) is 17.0 Å². The first-order chi connectivity index (χ1) is 9.99. The first-order valence-corrected chi connectivity index (χ1v) is 9.18. The van der Waals surface area contributed by atoms with Crippen LogP contribution in [-0.4, -0.2) is 14.5 Å². The third kappa shape index (κ3) is 4.64. The smallest absolute Gasteiger partial charge is 0.242 e. The molecular weight excluding hydrogens is 304 g/mol. The number of hydrogen-bond acceptors (Lipinski definition) is 4. The molecule has 0 bridgehead atoms. The number of hydrogen-bond donors (Lipinski definition) is 2. The molecule has 2 rings (SSSR count). The van der Waals surface area contributed by atoms with Crippen LogP contribution in [0.4, 0.5) is 0 Å². The average molecular weight is 324 g/mol. The summed E-state index contributed by atoms with van der Waals surface area (Å²) in [5.74, 6) is 0. The standard InChI is InChI=1S/C15H20N2O2S2/c1-12(2)16-11-14-15(8-9-20-14)21(18,19)17-10-13-6-4-3-5-7-13/h3-9,12,16-17H,10-11H2,1-2H3. The lowest BCUT2D eigenvalue weighted by Gasteiger charge is -2.10. The maximum absolute atomic E-state index is 12.4. The molecule has 0 saturated heterocycles. The maximum Gasteiger partial charge on any atom is 0.242 e. The Labute approximate surface area is 130 Å². The molecule has 0 spiro atoms. The van der Waals surface area contributed by atoms with Crippen LogP contribution in [0, 0.1) is 0 Å². The first-order valence-electron chi connectivity index (χ1n) is 6.82. The summed E-state index contributed by atoms with van der Waals surface area (Å²) in [6, 6.07) is 11.5. The van der Waals surface area contributed by atoms with Gasteiger partial charge in [0.2, 0.25) is 10.0 Å². The number of sulfonamides is 1. The lowest BCUT2D eigenvalue weighted by Crippen LogP contribution is -2.26. The Bertz CT molecular complexity index is 664. The SMILES string of the molecule is CC(C)NCc1sccc1S(=O)(=O)NCc1ccccc1. The Morgan fingerprint density at radius 1 is 1.10 bits per heavy atom. The van der Waals surface area contributed by atoms with Crippen molar-refractivity contribution >= 4 is 21.4 Å². The van der Waals surface area contributed by atoms with E-state index in [1.807, 2.05) is 49.6 Å². The van der Waals surface area contributed by atoms with Gasteiger partial charge in [0, 0.05) is 24.0 Å². The van der Waals surface area contributed by atoms with E-state index >= 15 is 0 Å². The highest BCUT2D eigenvalue weighted by Crippen LogP contribution is 2.22. The monoisotopic (exact) mass is 324 g/mol. The van der Waals surface area contributed by atoms with Crippen molar-refractivity contribution in [3.8, 4) is 0 Å². The molecule has 0 atom stereocenters. The number of thiophene rings is 1. The van der Waals surface area contributed by atoms with Crippen molar-refractivity contribution in [1.29, 1.82) is 0 Å². The molecule has 0 fully saturated rings. The third-order valence-corrected chi connectivity index (χ3v) is 5.51. The molecular formula is C15H20N2O2S2. The Morgan fingerprint density at radius 3 is 2.48 bits per heavy atom. The minimum atomic E-state index is -3.47. The molecule has 6 heteroatoms. The Morgan fingerprint density at radius 2 is 1.81 bits per heavy atom. The fraction of sp³-hybridized carbons (Fsp3) is 0.333. The van der Waals surface area contributed by atoms with E-state index in [2.05, 4.69) is 10.0 Å². The van der Waals surface area contributed by atoms with E-state index in [4.69, 9.17) is 0 Å². The minimum Gasteiger partial charge on any atom is -0.310 e. The van der Waals surface area contributed by atoms with E-state index < -0.39 is 10.0 Å². The van der Waals surface area contributed by atoms with Crippen molar-refractivity contribution in [1.82, 2.24) is 10.0 Å². The first kappa shape index (κ1) is 16.2. The van der Waals surface area contributed by atoms with E-state index in [-0.39, 0.29) is 0 Å². The zero-order valence-corrected chi connectivity index (χ0v) is 13.8. The molecule has 0 aliphatic heterocycles. The van der Waals surface area contributed by atoms with E-state index in [1.165, 1.54) is 11.3 Å². The molecule has 0 aliphatic carbocycles. The lowest BCUT2D eigenvalue weighted by atomic mass is 10.2. The Kier molecular flexibility index (Phi) is 5.52. The van der Waals surface area contributed by atoms with Gasteiger partial charge in [0.1, 0.15) is 0 Å². The van der Waals surface area contributed by atoms with Crippen LogP contribution in [0.1, 0.15) is 24.3 Å². The maximum atomic E-state index is 12.4. The van der Waals surface area contributed by atoms with Gasteiger partial charge >= 0.3 is 0 Å². The lowest BCUT2D eigenvalue weighted by molar-refractivity contribution is 0.571. The number of nitrogens with one attached hydrogen (secondary N) is 2. The summed E-state index contributed by atoms with van der Waals surface area (Å²) >= 11 is 1.46.